The van der Waals surface area contributed by atoms with E-state index in [9.17, 15) is 4.79 Å². The molecule has 0 fully saturated rings. The van der Waals surface area contributed by atoms with Crippen molar-refractivity contribution < 1.29 is 9.53 Å². The van der Waals surface area contributed by atoms with E-state index >= 15 is 0 Å². The van der Waals surface area contributed by atoms with E-state index in [1.165, 1.54) is 0 Å². The molecule has 0 bridgehead atoms. The number of ether oxygens (including phenoxy) is 1. The number of carbonyl (C=O) groups is 1. The van der Waals surface area contributed by atoms with Crippen LogP contribution in [0.25, 0.3) is 0 Å². The number of carbonyl (C=O) groups excluding carboxylic acids is 1. The number of hydrogen-bond donors (Lipinski definition) is 1. The lowest BCUT2D eigenvalue weighted by Crippen LogP contribution is -2.13. The van der Waals surface area contributed by atoms with Crippen LogP contribution in [0.15, 0.2) is 16.9 Å². The van der Waals surface area contributed by atoms with Crippen molar-refractivity contribution in [2.24, 2.45) is 7.05 Å². The molecule has 0 saturated carbocycles. The summed E-state index contributed by atoms with van der Waals surface area (Å²) in [5.41, 5.74) is 1.83. The van der Waals surface area contributed by atoms with Gasteiger partial charge in [-0.15, -0.1) is 0 Å². The SMILES string of the molecule is COCn1cc(NC(=O)c2nn(C)c(C)c2Br)cn1. The average Bonchev–Trinajstić information content (AvgIpc) is 2.90. The number of methoxy groups -OCH3 is 1. The van der Waals surface area contributed by atoms with Gasteiger partial charge in [-0.25, -0.2) is 4.68 Å². The van der Waals surface area contributed by atoms with E-state index in [0.717, 1.165) is 5.69 Å². The summed E-state index contributed by atoms with van der Waals surface area (Å²) in [7, 11) is 3.36. The Morgan fingerprint density at radius 1 is 1.58 bits per heavy atom. The maximum absolute atomic E-state index is 12.1. The predicted molar refractivity (Wildman–Crippen MR) is 72.8 cm³/mol. The van der Waals surface area contributed by atoms with Gasteiger partial charge in [0, 0.05) is 14.2 Å². The van der Waals surface area contributed by atoms with Gasteiger partial charge in [0.2, 0.25) is 0 Å². The highest BCUT2D eigenvalue weighted by molar-refractivity contribution is 9.10. The number of hydrogen-bond acceptors (Lipinski definition) is 4. The molecule has 0 radical (unpaired) electrons. The van der Waals surface area contributed by atoms with Gasteiger partial charge in [-0.2, -0.15) is 10.2 Å². The molecule has 8 heteroatoms. The van der Waals surface area contributed by atoms with Crippen LogP contribution in [0.4, 0.5) is 5.69 Å². The molecule has 0 spiro atoms. The zero-order valence-corrected chi connectivity index (χ0v) is 12.4. The van der Waals surface area contributed by atoms with Gasteiger partial charge in [0.25, 0.3) is 5.91 Å². The van der Waals surface area contributed by atoms with Crippen molar-refractivity contribution >= 4 is 27.5 Å². The van der Waals surface area contributed by atoms with Crippen LogP contribution < -0.4 is 5.32 Å². The molecule has 102 valence electrons. The Morgan fingerprint density at radius 2 is 2.32 bits per heavy atom. The predicted octanol–water partition coefficient (Wildman–Crippen LogP) is 1.54. The Kier molecular flexibility index (Phi) is 4.01. The van der Waals surface area contributed by atoms with Crippen molar-refractivity contribution in [1.29, 1.82) is 0 Å². The molecule has 0 aliphatic rings. The molecule has 0 saturated heterocycles. The van der Waals surface area contributed by atoms with E-state index in [0.29, 0.717) is 22.6 Å². The summed E-state index contributed by atoms with van der Waals surface area (Å²) < 4.78 is 8.85. The molecule has 0 unspecified atom stereocenters. The molecule has 1 amide bonds. The molecule has 19 heavy (non-hydrogen) atoms. The van der Waals surface area contributed by atoms with E-state index in [-0.39, 0.29) is 5.91 Å². The summed E-state index contributed by atoms with van der Waals surface area (Å²) in [5.74, 6) is -0.285. The summed E-state index contributed by atoms with van der Waals surface area (Å²) in [6.07, 6.45) is 3.24. The topological polar surface area (TPSA) is 74.0 Å². The third-order valence-corrected chi connectivity index (χ3v) is 3.58. The van der Waals surface area contributed by atoms with E-state index in [1.54, 1.807) is 35.9 Å². The Balaban J connectivity index is 2.13. The minimum atomic E-state index is -0.285. The van der Waals surface area contributed by atoms with Crippen molar-refractivity contribution in [3.05, 3.63) is 28.3 Å². The van der Waals surface area contributed by atoms with Crippen molar-refractivity contribution in [2.75, 3.05) is 12.4 Å². The Bertz CT molecular complexity index is 604. The number of halogens is 1. The first-order valence-electron chi connectivity index (χ1n) is 5.54. The second-order valence-corrected chi connectivity index (χ2v) is 4.80. The molecular weight excluding hydrogens is 314 g/mol. The number of rotatable bonds is 4. The zero-order valence-electron chi connectivity index (χ0n) is 10.8. The Morgan fingerprint density at radius 3 is 2.89 bits per heavy atom. The molecule has 7 nitrogen and oxygen atoms in total. The second kappa shape index (κ2) is 5.54. The van der Waals surface area contributed by atoms with Crippen LogP contribution in [-0.2, 0) is 18.5 Å². The number of nitrogens with zero attached hydrogens (tertiary/aromatic N) is 4. The van der Waals surface area contributed by atoms with Crippen molar-refractivity contribution in [2.45, 2.75) is 13.7 Å². The third kappa shape index (κ3) is 2.85. The first-order chi connectivity index (χ1) is 9.02. The fourth-order valence-corrected chi connectivity index (χ4v) is 2.06. The summed E-state index contributed by atoms with van der Waals surface area (Å²) in [5, 5.41) is 10.9. The summed E-state index contributed by atoms with van der Waals surface area (Å²) >= 11 is 3.36. The van der Waals surface area contributed by atoms with Crippen molar-refractivity contribution in [3.63, 3.8) is 0 Å². The van der Waals surface area contributed by atoms with Gasteiger partial charge in [-0.3, -0.25) is 9.48 Å². The molecule has 2 aromatic rings. The minimum Gasteiger partial charge on any atom is -0.362 e. The number of aryl methyl sites for hydroxylation is 1. The third-order valence-electron chi connectivity index (χ3n) is 2.63. The highest BCUT2D eigenvalue weighted by Crippen LogP contribution is 2.21. The highest BCUT2D eigenvalue weighted by atomic mass is 79.9. The molecule has 0 aliphatic carbocycles. The highest BCUT2D eigenvalue weighted by Gasteiger charge is 2.18. The number of aromatic nitrogens is 4. The largest absolute Gasteiger partial charge is 0.362 e. The molecule has 2 heterocycles. The van der Waals surface area contributed by atoms with Gasteiger partial charge < -0.3 is 10.1 Å². The quantitative estimate of drug-likeness (QED) is 0.924. The van der Waals surface area contributed by atoms with Crippen molar-refractivity contribution in [1.82, 2.24) is 19.6 Å². The molecule has 1 N–H and O–H groups in total. The van der Waals surface area contributed by atoms with Crippen molar-refractivity contribution in [3.8, 4) is 0 Å². The first kappa shape index (κ1) is 13.8. The lowest BCUT2D eigenvalue weighted by molar-refractivity contribution is 0.102. The van der Waals surface area contributed by atoms with E-state index in [1.807, 2.05) is 6.92 Å². The van der Waals surface area contributed by atoms with Crippen LogP contribution in [0.5, 0.6) is 0 Å². The van der Waals surface area contributed by atoms with Gasteiger partial charge in [-0.05, 0) is 22.9 Å². The maximum Gasteiger partial charge on any atom is 0.277 e. The van der Waals surface area contributed by atoms with E-state index < -0.39 is 0 Å². The van der Waals surface area contributed by atoms with Gasteiger partial charge in [0.05, 0.1) is 28.2 Å². The van der Waals surface area contributed by atoms with E-state index in [4.69, 9.17) is 4.74 Å². The van der Waals surface area contributed by atoms with Crippen LogP contribution >= 0.6 is 15.9 Å². The molecule has 0 aromatic carbocycles. The van der Waals surface area contributed by atoms with Gasteiger partial charge in [-0.1, -0.05) is 0 Å². The lowest BCUT2D eigenvalue weighted by Gasteiger charge is -2.00. The first-order valence-corrected chi connectivity index (χ1v) is 6.34. The normalized spacial score (nSPS) is 10.7. The molecule has 2 rings (SSSR count). The Labute approximate surface area is 118 Å². The lowest BCUT2D eigenvalue weighted by atomic mass is 10.3. The fraction of sp³-hybridized carbons (Fsp3) is 0.364. The van der Waals surface area contributed by atoms with Gasteiger partial charge in [0.1, 0.15) is 6.73 Å². The van der Waals surface area contributed by atoms with Crippen LogP contribution in [0.1, 0.15) is 16.2 Å². The van der Waals surface area contributed by atoms with E-state index in [2.05, 4.69) is 31.4 Å². The number of nitrogens with one attached hydrogen (secondary N) is 1. The molecule has 2 aromatic heterocycles. The van der Waals surface area contributed by atoms with Crippen LogP contribution in [0.3, 0.4) is 0 Å². The monoisotopic (exact) mass is 327 g/mol. The standard InChI is InChI=1S/C11H14BrN5O2/c1-7-9(12)10(15-16(7)2)11(18)14-8-4-13-17(5-8)6-19-3/h4-5H,6H2,1-3H3,(H,14,18). The number of anilines is 1. The van der Waals surface area contributed by atoms with Crippen LogP contribution in [-0.4, -0.2) is 32.6 Å². The molecular formula is C11H14BrN5O2. The maximum atomic E-state index is 12.1. The number of amides is 1. The average molecular weight is 328 g/mol. The Hall–Kier alpha value is -1.67. The second-order valence-electron chi connectivity index (χ2n) is 4.01. The minimum absolute atomic E-state index is 0.285. The van der Waals surface area contributed by atoms with Gasteiger partial charge >= 0.3 is 0 Å². The summed E-state index contributed by atoms with van der Waals surface area (Å²) in [4.78, 5) is 12.1. The summed E-state index contributed by atoms with van der Waals surface area (Å²) in [6, 6.07) is 0. The zero-order chi connectivity index (χ0) is 14.0. The smallest absolute Gasteiger partial charge is 0.277 e. The fourth-order valence-electron chi connectivity index (χ4n) is 1.55. The summed E-state index contributed by atoms with van der Waals surface area (Å²) in [6.45, 7) is 2.22. The van der Waals surface area contributed by atoms with Crippen LogP contribution in [0.2, 0.25) is 0 Å². The van der Waals surface area contributed by atoms with Gasteiger partial charge in [0.15, 0.2) is 5.69 Å². The molecule has 0 atom stereocenters. The van der Waals surface area contributed by atoms with Crippen LogP contribution in [0, 0.1) is 6.92 Å². The molecule has 0 aliphatic heterocycles.